The molecular weight excluding hydrogens is 298 g/mol. The van der Waals surface area contributed by atoms with Crippen LogP contribution in [0.1, 0.15) is 16.8 Å². The van der Waals surface area contributed by atoms with E-state index in [2.05, 4.69) is 4.74 Å². The minimum Gasteiger partial charge on any atom is -0.507 e. The van der Waals surface area contributed by atoms with Gasteiger partial charge in [0.15, 0.2) is 0 Å². The number of carbonyl (C=O) groups excluding carboxylic acids is 1. The number of phenolic OH excluding ortho intramolecular Hbond substituents is 1. The maximum atomic E-state index is 12.4. The summed E-state index contributed by atoms with van der Waals surface area (Å²) >= 11 is 0. The molecule has 118 valence electrons. The van der Waals surface area contributed by atoms with E-state index in [1.807, 2.05) is 0 Å². The fraction of sp³-hybridized carbons (Fsp3) is 0.462. The van der Waals surface area contributed by atoms with Crippen LogP contribution in [0.4, 0.5) is 0 Å². The topological polar surface area (TPSA) is 93.1 Å². The standard InChI is InChI=1S/C13H19NO6S/c1-14(7-4-8-19-2)21(17,18)10-5-6-12(15)11(9-10)13(16)20-3/h5-6,9,15H,4,7-8H2,1-3H3. The second-order valence-electron chi connectivity index (χ2n) is 4.34. The second kappa shape index (κ2) is 7.39. The van der Waals surface area contributed by atoms with Gasteiger partial charge in [-0.1, -0.05) is 0 Å². The lowest BCUT2D eigenvalue weighted by Crippen LogP contribution is -2.28. The van der Waals surface area contributed by atoms with E-state index >= 15 is 0 Å². The van der Waals surface area contributed by atoms with Crippen molar-refractivity contribution >= 4 is 16.0 Å². The van der Waals surface area contributed by atoms with Crippen LogP contribution >= 0.6 is 0 Å². The highest BCUT2D eigenvalue weighted by Crippen LogP contribution is 2.23. The number of ether oxygens (including phenoxy) is 2. The summed E-state index contributed by atoms with van der Waals surface area (Å²) < 4.78 is 35.2. The van der Waals surface area contributed by atoms with Crippen molar-refractivity contribution in [3.8, 4) is 5.75 Å². The predicted octanol–water partition coefficient (Wildman–Crippen LogP) is 0.836. The molecule has 0 bridgehead atoms. The minimum absolute atomic E-state index is 0.0828. The molecule has 0 saturated carbocycles. The third-order valence-electron chi connectivity index (χ3n) is 2.90. The lowest BCUT2D eigenvalue weighted by atomic mass is 10.2. The van der Waals surface area contributed by atoms with E-state index in [1.54, 1.807) is 0 Å². The van der Waals surface area contributed by atoms with E-state index in [1.165, 1.54) is 24.5 Å². The van der Waals surface area contributed by atoms with Gasteiger partial charge in [0.2, 0.25) is 10.0 Å². The van der Waals surface area contributed by atoms with Gasteiger partial charge in [-0.05, 0) is 24.6 Å². The van der Waals surface area contributed by atoms with Gasteiger partial charge in [0.05, 0.1) is 12.0 Å². The third-order valence-corrected chi connectivity index (χ3v) is 4.76. The summed E-state index contributed by atoms with van der Waals surface area (Å²) in [5, 5.41) is 9.59. The van der Waals surface area contributed by atoms with Crippen molar-refractivity contribution in [3.63, 3.8) is 0 Å². The van der Waals surface area contributed by atoms with Crippen LogP contribution < -0.4 is 0 Å². The molecule has 21 heavy (non-hydrogen) atoms. The van der Waals surface area contributed by atoms with Crippen LogP contribution in [0.5, 0.6) is 5.75 Å². The predicted molar refractivity (Wildman–Crippen MR) is 75.8 cm³/mol. The molecule has 1 aromatic rings. The summed E-state index contributed by atoms with van der Waals surface area (Å²) in [7, 11) is 0.390. The Hall–Kier alpha value is -1.64. The van der Waals surface area contributed by atoms with Crippen molar-refractivity contribution in [1.29, 1.82) is 0 Å². The monoisotopic (exact) mass is 317 g/mol. The number of carbonyl (C=O) groups is 1. The number of nitrogens with zero attached hydrogens (tertiary/aromatic N) is 1. The summed E-state index contributed by atoms with van der Waals surface area (Å²) in [6.45, 7) is 0.730. The van der Waals surface area contributed by atoms with E-state index in [9.17, 15) is 18.3 Å². The molecule has 8 heteroatoms. The summed E-state index contributed by atoms with van der Waals surface area (Å²) in [4.78, 5) is 11.4. The Kier molecular flexibility index (Phi) is 6.13. The van der Waals surface area contributed by atoms with Crippen molar-refractivity contribution in [2.75, 3.05) is 34.4 Å². The largest absolute Gasteiger partial charge is 0.507 e. The first-order valence-corrected chi connectivity index (χ1v) is 7.65. The molecule has 0 heterocycles. The van der Waals surface area contributed by atoms with Gasteiger partial charge in [-0.2, -0.15) is 0 Å². The lowest BCUT2D eigenvalue weighted by molar-refractivity contribution is 0.0597. The van der Waals surface area contributed by atoms with Crippen LogP contribution in [0.2, 0.25) is 0 Å². The first-order chi connectivity index (χ1) is 9.84. The quantitative estimate of drug-likeness (QED) is 0.591. The van der Waals surface area contributed by atoms with Gasteiger partial charge in [0.1, 0.15) is 11.3 Å². The number of benzene rings is 1. The number of phenols is 1. The van der Waals surface area contributed by atoms with Crippen molar-refractivity contribution in [3.05, 3.63) is 23.8 Å². The maximum Gasteiger partial charge on any atom is 0.341 e. The molecule has 0 saturated heterocycles. The second-order valence-corrected chi connectivity index (χ2v) is 6.39. The zero-order chi connectivity index (χ0) is 16.0. The van der Waals surface area contributed by atoms with Gasteiger partial charge < -0.3 is 14.6 Å². The summed E-state index contributed by atoms with van der Waals surface area (Å²) in [6, 6.07) is 3.50. The fourth-order valence-electron chi connectivity index (χ4n) is 1.68. The zero-order valence-electron chi connectivity index (χ0n) is 12.2. The Morgan fingerprint density at radius 3 is 2.57 bits per heavy atom. The highest BCUT2D eigenvalue weighted by atomic mass is 32.2. The highest BCUT2D eigenvalue weighted by Gasteiger charge is 2.23. The van der Waals surface area contributed by atoms with Gasteiger partial charge in [0.25, 0.3) is 0 Å². The number of hydrogen-bond donors (Lipinski definition) is 1. The molecule has 0 spiro atoms. The van der Waals surface area contributed by atoms with Crippen molar-refractivity contribution in [1.82, 2.24) is 4.31 Å². The SMILES string of the molecule is COCCCN(C)S(=O)(=O)c1ccc(O)c(C(=O)OC)c1. The molecule has 0 unspecified atom stereocenters. The molecule has 0 aliphatic rings. The van der Waals surface area contributed by atoms with Gasteiger partial charge in [-0.25, -0.2) is 17.5 Å². The van der Waals surface area contributed by atoms with Crippen molar-refractivity contribution in [2.45, 2.75) is 11.3 Å². The number of sulfonamides is 1. The van der Waals surface area contributed by atoms with E-state index < -0.39 is 16.0 Å². The molecular formula is C13H19NO6S. The Morgan fingerprint density at radius 1 is 1.33 bits per heavy atom. The molecule has 1 aromatic carbocycles. The van der Waals surface area contributed by atoms with Gasteiger partial charge in [-0.15, -0.1) is 0 Å². The molecule has 0 amide bonds. The molecule has 7 nitrogen and oxygen atoms in total. The van der Waals surface area contributed by atoms with Crippen LogP contribution in [0.25, 0.3) is 0 Å². The molecule has 0 aliphatic heterocycles. The molecule has 0 aliphatic carbocycles. The first-order valence-electron chi connectivity index (χ1n) is 6.21. The fourth-order valence-corrected chi connectivity index (χ4v) is 2.92. The van der Waals surface area contributed by atoms with E-state index in [0.29, 0.717) is 13.0 Å². The maximum absolute atomic E-state index is 12.4. The molecule has 1 rings (SSSR count). The van der Waals surface area contributed by atoms with E-state index in [0.717, 1.165) is 19.2 Å². The van der Waals surface area contributed by atoms with Gasteiger partial charge in [-0.3, -0.25) is 0 Å². The summed E-state index contributed by atoms with van der Waals surface area (Å²) in [5.41, 5.74) is -0.191. The smallest absolute Gasteiger partial charge is 0.341 e. The molecule has 0 radical (unpaired) electrons. The summed E-state index contributed by atoms with van der Waals surface area (Å²) in [6.07, 6.45) is 0.550. The van der Waals surface area contributed by atoms with Crippen LogP contribution in [-0.2, 0) is 19.5 Å². The number of esters is 1. The molecule has 1 N–H and O–H groups in total. The number of hydrogen-bond acceptors (Lipinski definition) is 6. The molecule has 0 atom stereocenters. The molecule has 0 aromatic heterocycles. The Labute approximate surface area is 124 Å². The van der Waals surface area contributed by atoms with Gasteiger partial charge >= 0.3 is 5.97 Å². The van der Waals surface area contributed by atoms with E-state index in [4.69, 9.17) is 4.74 Å². The van der Waals surface area contributed by atoms with E-state index in [-0.39, 0.29) is 22.8 Å². The first kappa shape index (κ1) is 17.4. The van der Waals surface area contributed by atoms with Crippen LogP contribution in [-0.4, -0.2) is 58.2 Å². The number of rotatable bonds is 7. The zero-order valence-corrected chi connectivity index (χ0v) is 13.0. The number of methoxy groups -OCH3 is 2. The normalized spacial score (nSPS) is 11.6. The average molecular weight is 317 g/mol. The Bertz CT molecular complexity index is 599. The third kappa shape index (κ3) is 4.16. The number of aromatic hydroxyl groups is 1. The average Bonchev–Trinajstić information content (AvgIpc) is 2.46. The summed E-state index contributed by atoms with van der Waals surface area (Å²) in [5.74, 6) is -1.13. The minimum atomic E-state index is -3.74. The van der Waals surface area contributed by atoms with Crippen LogP contribution in [0.3, 0.4) is 0 Å². The van der Waals surface area contributed by atoms with Crippen LogP contribution in [0.15, 0.2) is 23.1 Å². The molecule has 0 fully saturated rings. The Balaban J connectivity index is 3.06. The highest BCUT2D eigenvalue weighted by molar-refractivity contribution is 7.89. The van der Waals surface area contributed by atoms with Crippen molar-refractivity contribution in [2.24, 2.45) is 0 Å². The van der Waals surface area contributed by atoms with Crippen LogP contribution in [0, 0.1) is 0 Å². The van der Waals surface area contributed by atoms with Crippen molar-refractivity contribution < 1.29 is 27.8 Å². The lowest BCUT2D eigenvalue weighted by Gasteiger charge is -2.17. The Morgan fingerprint density at radius 2 is 2.00 bits per heavy atom. The van der Waals surface area contributed by atoms with Gasteiger partial charge in [0, 0.05) is 27.3 Å².